The first-order chi connectivity index (χ1) is 11.0. The Kier molecular flexibility index (Phi) is 4.09. The van der Waals surface area contributed by atoms with Gasteiger partial charge in [0.25, 0.3) is 10.0 Å². The number of benzene rings is 2. The molecule has 0 aromatic heterocycles. The normalized spacial score (nSPS) is 15.0. The number of carbonyl (C=O) groups excluding carboxylic acids is 1. The van der Waals surface area contributed by atoms with Gasteiger partial charge in [-0.05, 0) is 42.8 Å². The molecular formula is C17H18N2O3S. The molecule has 2 aromatic carbocycles. The molecule has 0 radical (unpaired) electrons. The predicted octanol–water partition coefficient (Wildman–Crippen LogP) is 2.64. The van der Waals surface area contributed by atoms with E-state index in [0.717, 1.165) is 12.1 Å². The summed E-state index contributed by atoms with van der Waals surface area (Å²) in [6.07, 6.45) is 1.40. The van der Waals surface area contributed by atoms with Crippen LogP contribution in [0.4, 0.5) is 11.4 Å². The Labute approximate surface area is 136 Å². The first-order valence-corrected chi connectivity index (χ1v) is 8.88. The van der Waals surface area contributed by atoms with Gasteiger partial charge in [-0.1, -0.05) is 18.2 Å². The van der Waals surface area contributed by atoms with Crippen molar-refractivity contribution in [2.75, 3.05) is 22.8 Å². The van der Waals surface area contributed by atoms with Crippen LogP contribution in [0.3, 0.4) is 0 Å². The minimum atomic E-state index is -3.62. The maximum Gasteiger partial charge on any atom is 0.264 e. The third kappa shape index (κ3) is 2.94. The summed E-state index contributed by atoms with van der Waals surface area (Å²) in [5, 5.41) is 0. The molecule has 6 heteroatoms. The van der Waals surface area contributed by atoms with Gasteiger partial charge in [0.15, 0.2) is 0 Å². The molecule has 1 fully saturated rings. The zero-order valence-electron chi connectivity index (χ0n) is 12.8. The van der Waals surface area contributed by atoms with Crippen molar-refractivity contribution in [3.63, 3.8) is 0 Å². The van der Waals surface area contributed by atoms with E-state index in [1.807, 2.05) is 6.07 Å². The third-order valence-electron chi connectivity index (χ3n) is 4.00. The van der Waals surface area contributed by atoms with E-state index < -0.39 is 10.0 Å². The van der Waals surface area contributed by atoms with Crippen LogP contribution < -0.4 is 9.21 Å². The van der Waals surface area contributed by atoms with Gasteiger partial charge in [0.2, 0.25) is 5.91 Å². The summed E-state index contributed by atoms with van der Waals surface area (Å²) in [5.74, 6) is 0.0852. The van der Waals surface area contributed by atoms with Gasteiger partial charge in [-0.3, -0.25) is 9.10 Å². The average Bonchev–Trinajstić information content (AvgIpc) is 3.01. The average molecular weight is 330 g/mol. The highest BCUT2D eigenvalue weighted by molar-refractivity contribution is 7.92. The predicted molar refractivity (Wildman–Crippen MR) is 90.1 cm³/mol. The van der Waals surface area contributed by atoms with Crippen molar-refractivity contribution in [2.24, 2.45) is 0 Å². The molecule has 1 aliphatic heterocycles. The minimum absolute atomic E-state index is 0.0852. The Hall–Kier alpha value is -2.34. The van der Waals surface area contributed by atoms with Crippen molar-refractivity contribution in [3.8, 4) is 0 Å². The lowest BCUT2D eigenvalue weighted by molar-refractivity contribution is -0.117. The molecule has 0 atom stereocenters. The second kappa shape index (κ2) is 6.04. The second-order valence-electron chi connectivity index (χ2n) is 5.45. The lowest BCUT2D eigenvalue weighted by Gasteiger charge is -2.20. The molecule has 1 aliphatic rings. The summed E-state index contributed by atoms with van der Waals surface area (Å²) in [4.78, 5) is 13.6. The smallest absolute Gasteiger partial charge is 0.264 e. The van der Waals surface area contributed by atoms with Crippen LogP contribution in [0.15, 0.2) is 59.5 Å². The molecule has 3 rings (SSSR count). The van der Waals surface area contributed by atoms with Crippen LogP contribution in [0, 0.1) is 0 Å². The molecule has 2 aromatic rings. The van der Waals surface area contributed by atoms with Crippen LogP contribution >= 0.6 is 0 Å². The van der Waals surface area contributed by atoms with E-state index in [4.69, 9.17) is 0 Å². The lowest BCUT2D eigenvalue weighted by Crippen LogP contribution is -2.27. The largest absolute Gasteiger partial charge is 0.312 e. The molecular weight excluding hydrogens is 312 g/mol. The topological polar surface area (TPSA) is 57.7 Å². The van der Waals surface area contributed by atoms with Crippen LogP contribution in [0.1, 0.15) is 12.8 Å². The van der Waals surface area contributed by atoms with Crippen molar-refractivity contribution >= 4 is 27.3 Å². The maximum absolute atomic E-state index is 12.7. The van der Waals surface area contributed by atoms with Gasteiger partial charge in [-0.2, -0.15) is 0 Å². The molecule has 0 spiro atoms. The minimum Gasteiger partial charge on any atom is -0.312 e. The van der Waals surface area contributed by atoms with E-state index in [1.165, 1.54) is 11.4 Å². The highest BCUT2D eigenvalue weighted by atomic mass is 32.2. The van der Waals surface area contributed by atoms with E-state index in [2.05, 4.69) is 0 Å². The van der Waals surface area contributed by atoms with Crippen LogP contribution in [0.5, 0.6) is 0 Å². The molecule has 1 heterocycles. The van der Waals surface area contributed by atoms with Gasteiger partial charge in [0.05, 0.1) is 10.6 Å². The number of hydrogen-bond acceptors (Lipinski definition) is 3. The number of hydrogen-bond donors (Lipinski definition) is 0. The summed E-state index contributed by atoms with van der Waals surface area (Å²) in [7, 11) is -2.09. The fraction of sp³-hybridized carbons (Fsp3) is 0.235. The summed E-state index contributed by atoms with van der Waals surface area (Å²) < 4.78 is 26.6. The quantitative estimate of drug-likeness (QED) is 0.866. The summed E-state index contributed by atoms with van der Waals surface area (Å²) >= 11 is 0. The number of anilines is 2. The van der Waals surface area contributed by atoms with E-state index >= 15 is 0 Å². The molecule has 0 bridgehead atoms. The number of amides is 1. The van der Waals surface area contributed by atoms with Crippen LogP contribution in [-0.2, 0) is 14.8 Å². The van der Waals surface area contributed by atoms with Crippen LogP contribution in [0.25, 0.3) is 0 Å². The summed E-state index contributed by atoms with van der Waals surface area (Å²) in [6, 6.07) is 15.4. The molecule has 23 heavy (non-hydrogen) atoms. The van der Waals surface area contributed by atoms with E-state index in [9.17, 15) is 13.2 Å². The van der Waals surface area contributed by atoms with Crippen molar-refractivity contribution in [1.29, 1.82) is 0 Å². The Morgan fingerprint density at radius 1 is 1.00 bits per heavy atom. The number of rotatable bonds is 4. The SMILES string of the molecule is CN(c1ccccc1)S(=O)(=O)c1ccc(N2CCCC2=O)cc1. The van der Waals surface area contributed by atoms with Crippen molar-refractivity contribution in [2.45, 2.75) is 17.7 Å². The molecule has 1 amide bonds. The Bertz CT molecular complexity index is 801. The van der Waals surface area contributed by atoms with Gasteiger partial charge >= 0.3 is 0 Å². The van der Waals surface area contributed by atoms with Crippen LogP contribution in [0.2, 0.25) is 0 Å². The zero-order chi connectivity index (χ0) is 16.4. The Balaban J connectivity index is 1.87. The molecule has 0 saturated carbocycles. The van der Waals surface area contributed by atoms with E-state index in [-0.39, 0.29) is 10.8 Å². The fourth-order valence-corrected chi connectivity index (χ4v) is 3.85. The second-order valence-corrected chi connectivity index (χ2v) is 7.42. The molecule has 5 nitrogen and oxygen atoms in total. The standard InChI is InChI=1S/C17H18N2O3S/c1-18(14-6-3-2-4-7-14)23(21,22)16-11-9-15(10-12-16)19-13-5-8-17(19)20/h2-4,6-7,9-12H,5,8,13H2,1H3. The van der Waals surface area contributed by atoms with Crippen molar-refractivity contribution < 1.29 is 13.2 Å². The van der Waals surface area contributed by atoms with Crippen molar-refractivity contribution in [3.05, 3.63) is 54.6 Å². The van der Waals surface area contributed by atoms with Gasteiger partial charge in [0.1, 0.15) is 0 Å². The van der Waals surface area contributed by atoms with Crippen LogP contribution in [-0.4, -0.2) is 27.9 Å². The van der Waals surface area contributed by atoms with Gasteiger partial charge in [-0.25, -0.2) is 8.42 Å². The summed E-state index contributed by atoms with van der Waals surface area (Å²) in [6.45, 7) is 0.689. The third-order valence-corrected chi connectivity index (χ3v) is 5.80. The first kappa shape index (κ1) is 15.6. The highest BCUT2D eigenvalue weighted by Gasteiger charge is 2.24. The van der Waals surface area contributed by atoms with Gasteiger partial charge in [0, 0.05) is 25.7 Å². The molecule has 0 aliphatic carbocycles. The lowest BCUT2D eigenvalue weighted by atomic mass is 10.3. The Morgan fingerprint density at radius 2 is 1.65 bits per heavy atom. The number of sulfonamides is 1. The van der Waals surface area contributed by atoms with Crippen molar-refractivity contribution in [1.82, 2.24) is 0 Å². The molecule has 0 N–H and O–H groups in total. The fourth-order valence-electron chi connectivity index (χ4n) is 2.65. The Morgan fingerprint density at radius 3 is 2.22 bits per heavy atom. The number of nitrogens with zero attached hydrogens (tertiary/aromatic N) is 2. The number of carbonyl (C=O) groups is 1. The summed E-state index contributed by atoms with van der Waals surface area (Å²) in [5.41, 5.74) is 1.35. The highest BCUT2D eigenvalue weighted by Crippen LogP contribution is 2.26. The monoisotopic (exact) mass is 330 g/mol. The number of para-hydroxylation sites is 1. The van der Waals surface area contributed by atoms with Gasteiger partial charge < -0.3 is 4.90 Å². The first-order valence-electron chi connectivity index (χ1n) is 7.44. The molecule has 1 saturated heterocycles. The molecule has 0 unspecified atom stereocenters. The van der Waals surface area contributed by atoms with E-state index in [1.54, 1.807) is 53.4 Å². The van der Waals surface area contributed by atoms with Gasteiger partial charge in [-0.15, -0.1) is 0 Å². The molecule has 120 valence electrons. The maximum atomic E-state index is 12.7. The van der Waals surface area contributed by atoms with E-state index in [0.29, 0.717) is 18.7 Å². The zero-order valence-corrected chi connectivity index (χ0v) is 13.7.